The summed E-state index contributed by atoms with van der Waals surface area (Å²) in [7, 11) is 3.29. The summed E-state index contributed by atoms with van der Waals surface area (Å²) in [5.41, 5.74) is -0.0618. The molecule has 0 amide bonds. The highest BCUT2D eigenvalue weighted by atomic mass is 32.2. The van der Waals surface area contributed by atoms with Gasteiger partial charge in [-0.25, -0.2) is 0 Å². The number of ketones is 1. The highest BCUT2D eigenvalue weighted by Gasteiger charge is 2.34. The number of Topliss-reactive ketones (excluding diaryl/α,β-unsaturated/α-hetero) is 1. The molecule has 6 heteroatoms. The van der Waals surface area contributed by atoms with Gasteiger partial charge < -0.3 is 14.0 Å². The van der Waals surface area contributed by atoms with Crippen LogP contribution in [-0.2, 0) is 20.6 Å². The van der Waals surface area contributed by atoms with Crippen molar-refractivity contribution in [2.75, 3.05) is 46.8 Å². The molecule has 0 aromatic heterocycles. The summed E-state index contributed by atoms with van der Waals surface area (Å²) < 4.78 is 21.8. The van der Waals surface area contributed by atoms with Gasteiger partial charge in [0.1, 0.15) is 6.26 Å². The Morgan fingerprint density at radius 2 is 1.61 bits per heavy atom. The summed E-state index contributed by atoms with van der Waals surface area (Å²) in [6.07, 6.45) is 1.62. The van der Waals surface area contributed by atoms with Crippen molar-refractivity contribution < 1.29 is 18.8 Å². The van der Waals surface area contributed by atoms with Crippen molar-refractivity contribution in [2.24, 2.45) is 0 Å². The van der Waals surface area contributed by atoms with Gasteiger partial charge in [-0.15, -0.1) is 0 Å². The van der Waals surface area contributed by atoms with Gasteiger partial charge in [0.15, 0.2) is 10.7 Å². The molecular weight excluding hydrogens is 314 g/mol. The Bertz CT molecular complexity index is 480. The Labute approximate surface area is 142 Å². The molecule has 0 aliphatic carbocycles. The van der Waals surface area contributed by atoms with E-state index in [2.05, 4.69) is 4.90 Å². The second-order valence-corrected chi connectivity index (χ2v) is 7.22. The Hall–Kier alpha value is -0.920. The lowest BCUT2D eigenvalue weighted by atomic mass is 9.91. The maximum Gasteiger partial charge on any atom is 0.182 e. The van der Waals surface area contributed by atoms with E-state index in [0.717, 1.165) is 4.90 Å². The van der Waals surface area contributed by atoms with Gasteiger partial charge in [0, 0.05) is 32.9 Å². The minimum Gasteiger partial charge on any atom is -0.612 e. The summed E-state index contributed by atoms with van der Waals surface area (Å²) >= 11 is -1.04. The molecule has 0 fully saturated rings. The summed E-state index contributed by atoms with van der Waals surface area (Å²) in [5, 5.41) is 0. The van der Waals surface area contributed by atoms with Crippen LogP contribution in [0.3, 0.4) is 0 Å². The van der Waals surface area contributed by atoms with Gasteiger partial charge >= 0.3 is 0 Å². The first kappa shape index (κ1) is 20.1. The molecule has 0 radical (unpaired) electrons. The van der Waals surface area contributed by atoms with Crippen LogP contribution in [0.2, 0.25) is 0 Å². The number of rotatable bonds is 10. The van der Waals surface area contributed by atoms with Crippen molar-refractivity contribution in [2.45, 2.75) is 24.3 Å². The zero-order chi connectivity index (χ0) is 17.5. The lowest BCUT2D eigenvalue weighted by Crippen LogP contribution is -2.52. The van der Waals surface area contributed by atoms with Crippen LogP contribution in [0.4, 0.5) is 0 Å². The molecule has 1 atom stereocenters. The highest BCUT2D eigenvalue weighted by molar-refractivity contribution is 7.90. The molecule has 0 N–H and O–H groups in total. The normalized spacial score (nSPS) is 13.3. The van der Waals surface area contributed by atoms with Crippen LogP contribution in [0.1, 0.15) is 24.2 Å². The first-order chi connectivity index (χ1) is 10.8. The maximum absolute atomic E-state index is 12.9. The second-order valence-electron chi connectivity index (χ2n) is 5.84. The predicted octanol–water partition coefficient (Wildman–Crippen LogP) is 1.98. The van der Waals surface area contributed by atoms with Gasteiger partial charge in [0.25, 0.3) is 0 Å². The topological polar surface area (TPSA) is 61.8 Å². The standard InChI is InChI=1S/C17H27NO4S/c1-17(2,18(10-12-21-3)11-13-22-4)16(19)14-6-8-15(9-7-14)23(5)20/h6-9H,10-13H2,1-5H3. The van der Waals surface area contributed by atoms with Crippen LogP contribution in [0.5, 0.6) is 0 Å². The van der Waals surface area contributed by atoms with Gasteiger partial charge in [-0.2, -0.15) is 0 Å². The number of hydrogen-bond acceptors (Lipinski definition) is 5. The number of hydrogen-bond donors (Lipinski definition) is 0. The van der Waals surface area contributed by atoms with Crippen molar-refractivity contribution >= 4 is 17.0 Å². The van der Waals surface area contributed by atoms with Crippen LogP contribution in [0.15, 0.2) is 29.2 Å². The predicted molar refractivity (Wildman–Crippen MR) is 92.5 cm³/mol. The first-order valence-electron chi connectivity index (χ1n) is 7.55. The Kier molecular flexibility index (Phi) is 8.22. The summed E-state index contributed by atoms with van der Waals surface area (Å²) in [6.45, 7) is 6.22. The van der Waals surface area contributed by atoms with Crippen molar-refractivity contribution in [3.63, 3.8) is 0 Å². The average Bonchev–Trinajstić information content (AvgIpc) is 2.54. The lowest BCUT2D eigenvalue weighted by Gasteiger charge is -2.37. The molecule has 5 nitrogen and oxygen atoms in total. The lowest BCUT2D eigenvalue weighted by molar-refractivity contribution is 0.0418. The molecule has 0 aliphatic heterocycles. The Morgan fingerprint density at radius 3 is 2.00 bits per heavy atom. The van der Waals surface area contributed by atoms with Gasteiger partial charge in [-0.1, -0.05) is 0 Å². The number of nitrogens with zero attached hydrogens (tertiary/aromatic N) is 1. The van der Waals surface area contributed by atoms with Crippen molar-refractivity contribution in [3.8, 4) is 0 Å². The second kappa shape index (κ2) is 9.39. The van der Waals surface area contributed by atoms with Crippen LogP contribution in [0.25, 0.3) is 0 Å². The third-order valence-electron chi connectivity index (χ3n) is 3.93. The average molecular weight is 341 g/mol. The molecular formula is C17H27NO4S. The monoisotopic (exact) mass is 341 g/mol. The van der Waals surface area contributed by atoms with E-state index in [4.69, 9.17) is 9.47 Å². The molecule has 1 unspecified atom stereocenters. The van der Waals surface area contributed by atoms with Gasteiger partial charge in [0.05, 0.1) is 18.8 Å². The number of benzene rings is 1. The Balaban J connectivity index is 2.94. The zero-order valence-electron chi connectivity index (χ0n) is 14.6. The summed E-state index contributed by atoms with van der Waals surface area (Å²) in [4.78, 5) is 15.7. The summed E-state index contributed by atoms with van der Waals surface area (Å²) in [6, 6.07) is 6.97. The smallest absolute Gasteiger partial charge is 0.182 e. The van der Waals surface area contributed by atoms with Gasteiger partial charge in [-0.3, -0.25) is 9.69 Å². The van der Waals surface area contributed by atoms with Crippen molar-refractivity contribution in [1.29, 1.82) is 0 Å². The van der Waals surface area contributed by atoms with Crippen LogP contribution >= 0.6 is 0 Å². The van der Waals surface area contributed by atoms with Crippen molar-refractivity contribution in [1.82, 2.24) is 4.90 Å². The fourth-order valence-electron chi connectivity index (χ4n) is 2.37. The molecule has 1 rings (SSSR count). The Morgan fingerprint density at radius 1 is 1.13 bits per heavy atom. The van der Waals surface area contributed by atoms with E-state index in [-0.39, 0.29) is 5.78 Å². The van der Waals surface area contributed by atoms with Crippen LogP contribution < -0.4 is 0 Å². The number of ether oxygens (including phenoxy) is 2. The number of methoxy groups -OCH3 is 2. The third-order valence-corrected chi connectivity index (χ3v) is 4.86. The van der Waals surface area contributed by atoms with E-state index in [0.29, 0.717) is 31.9 Å². The largest absolute Gasteiger partial charge is 0.612 e. The van der Waals surface area contributed by atoms with E-state index in [1.807, 2.05) is 13.8 Å². The molecule has 23 heavy (non-hydrogen) atoms. The maximum atomic E-state index is 12.9. The van der Waals surface area contributed by atoms with E-state index in [9.17, 15) is 9.35 Å². The molecule has 1 aromatic rings. The van der Waals surface area contributed by atoms with Crippen LogP contribution in [-0.4, -0.2) is 67.6 Å². The quantitative estimate of drug-likeness (QED) is 0.481. The zero-order valence-corrected chi connectivity index (χ0v) is 15.4. The molecule has 1 aromatic carbocycles. The molecule has 0 spiro atoms. The van der Waals surface area contributed by atoms with E-state index in [1.165, 1.54) is 0 Å². The van der Waals surface area contributed by atoms with Crippen LogP contribution in [0, 0.1) is 0 Å². The SMILES string of the molecule is COCCN(CCOC)C(C)(C)C(=O)c1ccc([S+](C)[O-])cc1. The van der Waals surface area contributed by atoms with E-state index in [1.54, 1.807) is 44.7 Å². The molecule has 0 bridgehead atoms. The van der Waals surface area contributed by atoms with Gasteiger partial charge in [-0.05, 0) is 49.3 Å². The fourth-order valence-corrected chi connectivity index (χ4v) is 2.89. The van der Waals surface area contributed by atoms with Gasteiger partial charge in [0.2, 0.25) is 0 Å². The molecule has 0 heterocycles. The number of carbonyl (C=O) groups excluding carboxylic acids is 1. The van der Waals surface area contributed by atoms with E-state index < -0.39 is 16.7 Å². The minimum atomic E-state index is -1.04. The first-order valence-corrected chi connectivity index (χ1v) is 9.11. The molecule has 0 saturated heterocycles. The van der Waals surface area contributed by atoms with Crippen molar-refractivity contribution in [3.05, 3.63) is 29.8 Å². The fraction of sp³-hybridized carbons (Fsp3) is 0.588. The summed E-state index contributed by atoms with van der Waals surface area (Å²) in [5.74, 6) is 0.0261. The highest BCUT2D eigenvalue weighted by Crippen LogP contribution is 2.22. The molecule has 0 saturated carbocycles. The number of carbonyl (C=O) groups is 1. The molecule has 130 valence electrons. The minimum absolute atomic E-state index is 0.0261. The van der Waals surface area contributed by atoms with E-state index >= 15 is 0 Å². The molecule has 0 aliphatic rings. The third kappa shape index (κ3) is 5.58.